The van der Waals surface area contributed by atoms with Crippen molar-refractivity contribution in [2.75, 3.05) is 24.5 Å². The minimum atomic E-state index is -0.104. The van der Waals surface area contributed by atoms with E-state index in [9.17, 15) is 10.1 Å². The van der Waals surface area contributed by atoms with Gasteiger partial charge in [0, 0.05) is 31.2 Å². The van der Waals surface area contributed by atoms with E-state index >= 15 is 0 Å². The summed E-state index contributed by atoms with van der Waals surface area (Å²) in [5.74, 6) is 1.15. The first-order valence-electron chi connectivity index (χ1n) is 11.0. The summed E-state index contributed by atoms with van der Waals surface area (Å²) in [7, 11) is 0. The van der Waals surface area contributed by atoms with Gasteiger partial charge in [-0.05, 0) is 43.5 Å². The molecule has 2 aromatic heterocycles. The van der Waals surface area contributed by atoms with E-state index < -0.39 is 0 Å². The Labute approximate surface area is 189 Å². The minimum Gasteiger partial charge on any atom is -0.459 e. The normalized spacial score (nSPS) is 16.3. The van der Waals surface area contributed by atoms with Crippen molar-refractivity contribution in [2.24, 2.45) is 0 Å². The molecular formula is C26H28N4O2. The third-order valence-corrected chi connectivity index (χ3v) is 5.98. The fourth-order valence-corrected chi connectivity index (χ4v) is 4.24. The molecule has 0 spiro atoms. The van der Waals surface area contributed by atoms with Gasteiger partial charge < -0.3 is 14.2 Å². The molecule has 6 nitrogen and oxygen atoms in total. The molecule has 1 fully saturated rings. The quantitative estimate of drug-likeness (QED) is 0.585. The molecule has 6 heteroatoms. The predicted molar refractivity (Wildman–Crippen MR) is 125 cm³/mol. The Morgan fingerprint density at radius 3 is 2.56 bits per heavy atom. The van der Waals surface area contributed by atoms with Crippen molar-refractivity contribution >= 4 is 11.7 Å². The zero-order valence-corrected chi connectivity index (χ0v) is 19.0. The molecule has 1 atom stereocenters. The third-order valence-electron chi connectivity index (χ3n) is 5.98. The lowest BCUT2D eigenvalue weighted by molar-refractivity contribution is 0.0641. The van der Waals surface area contributed by atoms with Crippen molar-refractivity contribution in [3.8, 4) is 17.2 Å². The van der Waals surface area contributed by atoms with Gasteiger partial charge >= 0.3 is 0 Å². The second kappa shape index (κ2) is 8.88. The second-order valence-corrected chi connectivity index (χ2v) is 8.70. The summed E-state index contributed by atoms with van der Waals surface area (Å²) in [6.07, 6.45) is 1.51. The molecule has 0 saturated carbocycles. The van der Waals surface area contributed by atoms with Crippen LogP contribution in [-0.4, -0.2) is 41.5 Å². The summed E-state index contributed by atoms with van der Waals surface area (Å²) in [4.78, 5) is 21.7. The molecule has 3 aromatic rings. The standard InChI is InChI=1S/C26H28N4O2/c1-17(2)24-22(20-9-7-18(3)8-10-20)14-21(15-27)25(28-24)29-11-12-30(19(4)16-29)26(31)23-6-5-13-32-23/h5-10,13-14,17,19H,11-12,16H2,1-4H3. The second-order valence-electron chi connectivity index (χ2n) is 8.70. The van der Waals surface area contributed by atoms with Crippen molar-refractivity contribution < 1.29 is 9.21 Å². The summed E-state index contributed by atoms with van der Waals surface area (Å²) in [5.41, 5.74) is 4.80. The van der Waals surface area contributed by atoms with Gasteiger partial charge in [0.15, 0.2) is 5.76 Å². The molecule has 1 aromatic carbocycles. The van der Waals surface area contributed by atoms with Crippen molar-refractivity contribution in [2.45, 2.75) is 39.7 Å². The number of furan rings is 1. The van der Waals surface area contributed by atoms with E-state index in [1.807, 2.05) is 17.9 Å². The van der Waals surface area contributed by atoms with Crippen LogP contribution in [0.1, 0.15) is 54.1 Å². The fourth-order valence-electron chi connectivity index (χ4n) is 4.24. The topological polar surface area (TPSA) is 73.4 Å². The number of hydrogen-bond acceptors (Lipinski definition) is 5. The summed E-state index contributed by atoms with van der Waals surface area (Å²) in [5, 5.41) is 9.93. The van der Waals surface area contributed by atoms with E-state index in [2.05, 4.69) is 56.0 Å². The van der Waals surface area contributed by atoms with Crippen molar-refractivity contribution in [3.63, 3.8) is 0 Å². The largest absolute Gasteiger partial charge is 0.459 e. The van der Waals surface area contributed by atoms with Gasteiger partial charge in [0.1, 0.15) is 11.9 Å². The first-order chi connectivity index (χ1) is 15.4. The van der Waals surface area contributed by atoms with Crippen LogP contribution in [0.25, 0.3) is 11.1 Å². The van der Waals surface area contributed by atoms with Crippen LogP contribution in [0.3, 0.4) is 0 Å². The summed E-state index contributed by atoms with van der Waals surface area (Å²) < 4.78 is 5.29. The number of hydrogen-bond donors (Lipinski definition) is 0. The Balaban J connectivity index is 1.65. The summed E-state index contributed by atoms with van der Waals surface area (Å²) >= 11 is 0. The first kappa shape index (κ1) is 21.6. The number of carbonyl (C=O) groups is 1. The van der Waals surface area contributed by atoms with Crippen LogP contribution in [-0.2, 0) is 0 Å². The molecule has 1 aliphatic rings. The zero-order chi connectivity index (χ0) is 22.8. The molecule has 0 N–H and O–H groups in total. The maximum absolute atomic E-state index is 12.8. The van der Waals surface area contributed by atoms with Crippen molar-refractivity contribution in [1.82, 2.24) is 9.88 Å². The number of aromatic nitrogens is 1. The Kier molecular flexibility index (Phi) is 6.00. The number of aryl methyl sites for hydroxylation is 1. The molecule has 164 valence electrons. The molecule has 1 saturated heterocycles. The maximum Gasteiger partial charge on any atom is 0.289 e. The van der Waals surface area contributed by atoms with E-state index in [-0.39, 0.29) is 17.9 Å². The number of anilines is 1. The van der Waals surface area contributed by atoms with E-state index in [1.54, 1.807) is 12.1 Å². The highest BCUT2D eigenvalue weighted by Gasteiger charge is 2.31. The molecule has 1 aliphatic heterocycles. The lowest BCUT2D eigenvalue weighted by Gasteiger charge is -2.40. The van der Waals surface area contributed by atoms with Gasteiger partial charge in [-0.1, -0.05) is 43.7 Å². The lowest BCUT2D eigenvalue weighted by atomic mass is 9.95. The van der Waals surface area contributed by atoms with Gasteiger partial charge in [0.2, 0.25) is 0 Å². The van der Waals surface area contributed by atoms with Crippen LogP contribution in [0.5, 0.6) is 0 Å². The molecule has 32 heavy (non-hydrogen) atoms. The maximum atomic E-state index is 12.8. The van der Waals surface area contributed by atoms with Gasteiger partial charge in [0.05, 0.1) is 17.5 Å². The highest BCUT2D eigenvalue weighted by molar-refractivity contribution is 5.91. The average molecular weight is 429 g/mol. The molecule has 3 heterocycles. The number of nitrogens with zero attached hydrogens (tertiary/aromatic N) is 4. The van der Waals surface area contributed by atoms with Gasteiger partial charge in [0.25, 0.3) is 5.91 Å². The van der Waals surface area contributed by atoms with Crippen LogP contribution in [0.4, 0.5) is 5.82 Å². The van der Waals surface area contributed by atoms with Gasteiger partial charge in [-0.15, -0.1) is 0 Å². The molecule has 1 unspecified atom stereocenters. The monoisotopic (exact) mass is 428 g/mol. The van der Waals surface area contributed by atoms with Crippen molar-refractivity contribution in [3.05, 3.63) is 71.3 Å². The minimum absolute atomic E-state index is 0.0334. The van der Waals surface area contributed by atoms with Gasteiger partial charge in [-0.25, -0.2) is 4.98 Å². The summed E-state index contributed by atoms with van der Waals surface area (Å²) in [6, 6.07) is 16.0. The number of pyridine rings is 1. The van der Waals surface area contributed by atoms with Crippen molar-refractivity contribution in [1.29, 1.82) is 5.26 Å². The van der Waals surface area contributed by atoms with Gasteiger partial charge in [-0.3, -0.25) is 4.79 Å². The molecule has 4 rings (SSSR count). The fraction of sp³-hybridized carbons (Fsp3) is 0.346. The zero-order valence-electron chi connectivity index (χ0n) is 19.0. The van der Waals surface area contributed by atoms with Crippen LogP contribution in [0.2, 0.25) is 0 Å². The number of amides is 1. The Morgan fingerprint density at radius 1 is 1.22 bits per heavy atom. The first-order valence-corrected chi connectivity index (χ1v) is 11.0. The number of rotatable bonds is 4. The molecule has 0 aliphatic carbocycles. The lowest BCUT2D eigenvalue weighted by Crippen LogP contribution is -2.54. The smallest absolute Gasteiger partial charge is 0.289 e. The molecule has 0 bridgehead atoms. The number of carbonyl (C=O) groups excluding carboxylic acids is 1. The molecule has 1 amide bonds. The Bertz CT molecular complexity index is 1140. The Hall–Kier alpha value is -3.59. The van der Waals surface area contributed by atoms with E-state index in [0.717, 1.165) is 16.8 Å². The van der Waals surface area contributed by atoms with E-state index in [4.69, 9.17) is 9.40 Å². The van der Waals surface area contributed by atoms with Crippen LogP contribution in [0.15, 0.2) is 53.1 Å². The predicted octanol–water partition coefficient (Wildman–Crippen LogP) is 5.00. The van der Waals surface area contributed by atoms with Crippen LogP contribution >= 0.6 is 0 Å². The molecular weight excluding hydrogens is 400 g/mol. The molecule has 0 radical (unpaired) electrons. The number of benzene rings is 1. The van der Waals surface area contributed by atoms with E-state index in [0.29, 0.717) is 36.8 Å². The summed E-state index contributed by atoms with van der Waals surface area (Å²) in [6.45, 7) is 10.1. The highest BCUT2D eigenvalue weighted by atomic mass is 16.3. The SMILES string of the molecule is Cc1ccc(-c2cc(C#N)c(N3CCN(C(=O)c4ccco4)C(C)C3)nc2C(C)C)cc1. The van der Waals surface area contributed by atoms with E-state index in [1.165, 1.54) is 11.8 Å². The highest BCUT2D eigenvalue weighted by Crippen LogP contribution is 2.33. The number of nitriles is 1. The van der Waals surface area contributed by atoms with Gasteiger partial charge in [-0.2, -0.15) is 5.26 Å². The number of piperazine rings is 1. The van der Waals surface area contributed by atoms with Crippen LogP contribution in [0, 0.1) is 18.3 Å². The van der Waals surface area contributed by atoms with Crippen LogP contribution < -0.4 is 4.90 Å². The average Bonchev–Trinajstić information content (AvgIpc) is 3.33. The Morgan fingerprint density at radius 2 is 1.97 bits per heavy atom. The third kappa shape index (κ3) is 4.11.